The zero-order valence-electron chi connectivity index (χ0n) is 9.39. The lowest BCUT2D eigenvalue weighted by atomic mass is 9.79. The molecule has 0 radical (unpaired) electrons. The fourth-order valence-electron chi connectivity index (χ4n) is 2.15. The molecule has 0 aromatic heterocycles. The van der Waals surface area contributed by atoms with Crippen molar-refractivity contribution in [3.8, 4) is 0 Å². The average Bonchev–Trinajstić information content (AvgIpc) is 2.27. The molecule has 2 nitrogen and oxygen atoms in total. The van der Waals surface area contributed by atoms with Crippen molar-refractivity contribution in [2.24, 2.45) is 5.41 Å². The number of rotatable bonds is 2. The van der Waals surface area contributed by atoms with Gasteiger partial charge in [-0.25, -0.2) is 0 Å². The van der Waals surface area contributed by atoms with E-state index in [0.29, 0.717) is 11.9 Å². The molecule has 0 aromatic rings. The SMILES string of the molecule is CC1=C(C)C(C)(C)C(C(=O)C=O)=C1C. The van der Waals surface area contributed by atoms with Crippen LogP contribution < -0.4 is 0 Å². The lowest BCUT2D eigenvalue weighted by Gasteiger charge is -2.23. The molecule has 0 saturated carbocycles. The molecule has 0 amide bonds. The first-order chi connectivity index (χ1) is 6.34. The number of aldehydes is 1. The van der Waals surface area contributed by atoms with E-state index in [1.54, 1.807) is 0 Å². The molecular formula is C12H16O2. The van der Waals surface area contributed by atoms with Crippen LogP contribution in [0.3, 0.4) is 0 Å². The zero-order valence-corrected chi connectivity index (χ0v) is 9.39. The summed E-state index contributed by atoms with van der Waals surface area (Å²) in [5.74, 6) is -0.385. The summed E-state index contributed by atoms with van der Waals surface area (Å²) in [6.07, 6.45) is 0.409. The van der Waals surface area contributed by atoms with Gasteiger partial charge >= 0.3 is 0 Å². The van der Waals surface area contributed by atoms with Crippen LogP contribution in [0.2, 0.25) is 0 Å². The molecule has 1 aliphatic carbocycles. The highest BCUT2D eigenvalue weighted by atomic mass is 16.2. The van der Waals surface area contributed by atoms with Gasteiger partial charge in [0, 0.05) is 11.0 Å². The molecule has 0 aromatic carbocycles. The summed E-state index contributed by atoms with van der Waals surface area (Å²) in [5.41, 5.74) is 3.65. The smallest absolute Gasteiger partial charge is 0.222 e. The number of Topliss-reactive ketones (excluding diaryl/α,β-unsaturated/α-hetero) is 1. The van der Waals surface area contributed by atoms with E-state index < -0.39 is 0 Å². The fourth-order valence-corrected chi connectivity index (χ4v) is 2.15. The summed E-state index contributed by atoms with van der Waals surface area (Å²) in [4.78, 5) is 22.0. The topological polar surface area (TPSA) is 34.1 Å². The van der Waals surface area contributed by atoms with Gasteiger partial charge in [-0.2, -0.15) is 0 Å². The average molecular weight is 192 g/mol. The van der Waals surface area contributed by atoms with Gasteiger partial charge in [0.1, 0.15) is 0 Å². The third-order valence-electron chi connectivity index (χ3n) is 3.42. The molecule has 14 heavy (non-hydrogen) atoms. The highest BCUT2D eigenvalue weighted by Crippen LogP contribution is 2.46. The van der Waals surface area contributed by atoms with Gasteiger partial charge in [0.05, 0.1) is 0 Å². The molecule has 0 aliphatic heterocycles. The van der Waals surface area contributed by atoms with Crippen LogP contribution in [0.15, 0.2) is 22.3 Å². The Balaban J connectivity index is 3.36. The summed E-state index contributed by atoms with van der Waals surface area (Å²) in [6.45, 7) is 9.89. The molecule has 0 saturated heterocycles. The molecule has 2 heteroatoms. The monoisotopic (exact) mass is 192 g/mol. The van der Waals surface area contributed by atoms with Crippen LogP contribution in [0.25, 0.3) is 0 Å². The number of allylic oxidation sites excluding steroid dienone is 4. The molecule has 76 valence electrons. The van der Waals surface area contributed by atoms with Gasteiger partial charge in [0.15, 0.2) is 6.29 Å². The lowest BCUT2D eigenvalue weighted by Crippen LogP contribution is -2.21. The normalized spacial score (nSPS) is 20.4. The van der Waals surface area contributed by atoms with E-state index in [0.717, 1.165) is 11.1 Å². The standard InChI is InChI=1S/C12H16O2/c1-7-8(2)11(10(14)6-13)12(4,5)9(7)3/h6H,1-5H3. The second-order valence-corrected chi connectivity index (χ2v) is 4.36. The highest BCUT2D eigenvalue weighted by Gasteiger charge is 2.37. The van der Waals surface area contributed by atoms with Crippen molar-refractivity contribution in [3.05, 3.63) is 22.3 Å². The number of carbonyl (C=O) groups excluding carboxylic acids is 2. The third-order valence-corrected chi connectivity index (χ3v) is 3.42. The number of hydrogen-bond acceptors (Lipinski definition) is 2. The first-order valence-corrected chi connectivity index (χ1v) is 4.73. The Morgan fingerprint density at radius 1 is 1.14 bits per heavy atom. The van der Waals surface area contributed by atoms with Crippen LogP contribution in [0.4, 0.5) is 0 Å². The number of ketones is 1. The van der Waals surface area contributed by atoms with Crippen molar-refractivity contribution in [2.45, 2.75) is 34.6 Å². The van der Waals surface area contributed by atoms with E-state index in [4.69, 9.17) is 0 Å². The first-order valence-electron chi connectivity index (χ1n) is 4.73. The Hall–Kier alpha value is -1.18. The summed E-state index contributed by atoms with van der Waals surface area (Å²) in [7, 11) is 0. The minimum absolute atomic E-state index is 0.286. The van der Waals surface area contributed by atoms with Crippen molar-refractivity contribution >= 4 is 12.1 Å². The molecule has 0 atom stereocenters. The van der Waals surface area contributed by atoms with Crippen molar-refractivity contribution in [1.82, 2.24) is 0 Å². The molecule has 0 spiro atoms. The van der Waals surface area contributed by atoms with E-state index >= 15 is 0 Å². The minimum atomic E-state index is -0.385. The van der Waals surface area contributed by atoms with Crippen LogP contribution in [0.1, 0.15) is 34.6 Å². The second kappa shape index (κ2) is 3.19. The van der Waals surface area contributed by atoms with Crippen LogP contribution in [0, 0.1) is 5.41 Å². The van der Waals surface area contributed by atoms with Gasteiger partial charge in [0.2, 0.25) is 5.78 Å². The van der Waals surface area contributed by atoms with Crippen molar-refractivity contribution < 1.29 is 9.59 Å². The van der Waals surface area contributed by atoms with Crippen LogP contribution in [-0.4, -0.2) is 12.1 Å². The van der Waals surface area contributed by atoms with Crippen molar-refractivity contribution in [1.29, 1.82) is 0 Å². The van der Waals surface area contributed by atoms with E-state index in [2.05, 4.69) is 0 Å². The second-order valence-electron chi connectivity index (χ2n) is 4.36. The van der Waals surface area contributed by atoms with Gasteiger partial charge in [0.25, 0.3) is 0 Å². The summed E-state index contributed by atoms with van der Waals surface area (Å²) in [5, 5.41) is 0. The predicted octanol–water partition coefficient (Wildman–Crippen LogP) is 2.45. The molecular weight excluding hydrogens is 176 g/mol. The zero-order chi connectivity index (χ0) is 11.1. The summed E-state index contributed by atoms with van der Waals surface area (Å²) in [6, 6.07) is 0. The van der Waals surface area contributed by atoms with E-state index in [1.165, 1.54) is 5.57 Å². The Bertz CT molecular complexity index is 368. The Morgan fingerprint density at radius 2 is 1.64 bits per heavy atom. The van der Waals surface area contributed by atoms with E-state index in [1.807, 2.05) is 34.6 Å². The number of carbonyl (C=O) groups is 2. The summed E-state index contributed by atoms with van der Waals surface area (Å²) < 4.78 is 0. The van der Waals surface area contributed by atoms with Crippen molar-refractivity contribution in [2.75, 3.05) is 0 Å². The molecule has 0 fully saturated rings. The largest absolute Gasteiger partial charge is 0.294 e. The van der Waals surface area contributed by atoms with E-state index in [-0.39, 0.29) is 11.2 Å². The van der Waals surface area contributed by atoms with Gasteiger partial charge in [-0.1, -0.05) is 19.4 Å². The third kappa shape index (κ3) is 1.26. The highest BCUT2D eigenvalue weighted by molar-refractivity contribution is 6.34. The number of hydrogen-bond donors (Lipinski definition) is 0. The van der Waals surface area contributed by atoms with Crippen LogP contribution in [0.5, 0.6) is 0 Å². The van der Waals surface area contributed by atoms with E-state index in [9.17, 15) is 9.59 Å². The molecule has 0 bridgehead atoms. The Kier molecular flexibility index (Phi) is 2.49. The molecule has 0 heterocycles. The molecule has 0 unspecified atom stereocenters. The van der Waals surface area contributed by atoms with Gasteiger partial charge in [-0.15, -0.1) is 0 Å². The van der Waals surface area contributed by atoms with Gasteiger partial charge < -0.3 is 0 Å². The van der Waals surface area contributed by atoms with Gasteiger partial charge in [-0.3, -0.25) is 9.59 Å². The van der Waals surface area contributed by atoms with Crippen LogP contribution in [-0.2, 0) is 9.59 Å². The van der Waals surface area contributed by atoms with Crippen molar-refractivity contribution in [3.63, 3.8) is 0 Å². The first kappa shape index (κ1) is 10.9. The molecule has 1 rings (SSSR count). The maximum absolute atomic E-state index is 11.5. The minimum Gasteiger partial charge on any atom is -0.294 e. The maximum Gasteiger partial charge on any atom is 0.222 e. The maximum atomic E-state index is 11.5. The quantitative estimate of drug-likeness (QED) is 0.497. The predicted molar refractivity (Wildman–Crippen MR) is 55.9 cm³/mol. The molecule has 0 N–H and O–H groups in total. The Labute approximate surface area is 84.7 Å². The van der Waals surface area contributed by atoms with Crippen LogP contribution >= 0.6 is 0 Å². The molecule has 1 aliphatic rings. The van der Waals surface area contributed by atoms with Gasteiger partial charge in [-0.05, 0) is 31.9 Å². The fraction of sp³-hybridized carbons (Fsp3) is 0.500. The summed E-state index contributed by atoms with van der Waals surface area (Å²) >= 11 is 0. The lowest BCUT2D eigenvalue weighted by molar-refractivity contribution is -0.127. The Morgan fingerprint density at radius 3 is 1.93 bits per heavy atom.